The highest BCUT2D eigenvalue weighted by molar-refractivity contribution is 5.99. The van der Waals surface area contributed by atoms with Crippen LogP contribution in [0.25, 0.3) is 11.1 Å². The normalized spacial score (nSPS) is 27.5. The number of nitrogens with one attached hydrogen (secondary N) is 1. The molecule has 2 N–H and O–H groups in total. The fraction of sp³-hybridized carbons (Fsp3) is 0.720. The summed E-state index contributed by atoms with van der Waals surface area (Å²) in [5.41, 5.74) is 1.71. The zero-order valence-electron chi connectivity index (χ0n) is 19.0. The van der Waals surface area contributed by atoms with Crippen molar-refractivity contribution in [1.82, 2.24) is 14.8 Å². The molecule has 1 amide bonds. The molecule has 2 unspecified atom stereocenters. The molecule has 2 aliphatic carbocycles. The molecule has 5 rings (SSSR count). The Morgan fingerprint density at radius 3 is 2.42 bits per heavy atom. The molecule has 3 aliphatic rings. The fourth-order valence-electron chi connectivity index (χ4n) is 6.25. The highest BCUT2D eigenvalue weighted by Crippen LogP contribution is 2.39. The minimum Gasteiger partial charge on any atom is -0.460 e. The Bertz CT molecular complexity index is 933. The molecule has 0 radical (unpaired) electrons. The van der Waals surface area contributed by atoms with E-state index in [1.807, 2.05) is 24.0 Å². The van der Waals surface area contributed by atoms with Crippen LogP contribution in [0.2, 0.25) is 0 Å². The van der Waals surface area contributed by atoms with Crippen LogP contribution in [0.1, 0.15) is 93.8 Å². The first-order valence-electron chi connectivity index (χ1n) is 12.3. The van der Waals surface area contributed by atoms with Crippen molar-refractivity contribution in [3.05, 3.63) is 23.6 Å². The number of nitrogens with zero attached hydrogens (tertiary/aromatic N) is 2. The molecule has 2 saturated carbocycles. The van der Waals surface area contributed by atoms with Gasteiger partial charge in [0, 0.05) is 24.2 Å². The zero-order chi connectivity index (χ0) is 21.6. The summed E-state index contributed by atoms with van der Waals surface area (Å²) < 4.78 is 7.92. The molecule has 2 aromatic rings. The first-order chi connectivity index (χ1) is 15.0. The van der Waals surface area contributed by atoms with Crippen molar-refractivity contribution in [1.29, 1.82) is 0 Å². The number of hydrogen-bond acceptors (Lipinski definition) is 4. The van der Waals surface area contributed by atoms with E-state index in [0.29, 0.717) is 18.3 Å². The maximum Gasteiger partial charge on any atom is 0.271 e. The molecule has 2 aromatic heterocycles. The average Bonchev–Trinajstić information content (AvgIpc) is 3.14. The van der Waals surface area contributed by atoms with Gasteiger partial charge in [0.15, 0.2) is 5.58 Å². The van der Waals surface area contributed by atoms with Crippen LogP contribution >= 0.6 is 0 Å². The lowest BCUT2D eigenvalue weighted by molar-refractivity contribution is -0.0700. The zero-order valence-corrected chi connectivity index (χ0v) is 19.0. The van der Waals surface area contributed by atoms with Crippen molar-refractivity contribution in [3.8, 4) is 0 Å². The van der Waals surface area contributed by atoms with Gasteiger partial charge in [0.25, 0.3) is 5.91 Å². The minimum atomic E-state index is -0.764. The third kappa shape index (κ3) is 3.72. The van der Waals surface area contributed by atoms with Gasteiger partial charge in [-0.15, -0.1) is 0 Å². The summed E-state index contributed by atoms with van der Waals surface area (Å²) >= 11 is 0. The van der Waals surface area contributed by atoms with Crippen LogP contribution in [0.3, 0.4) is 0 Å². The summed E-state index contributed by atoms with van der Waals surface area (Å²) in [4.78, 5) is 15.9. The molecule has 2 atom stereocenters. The third-order valence-electron chi connectivity index (χ3n) is 7.96. The van der Waals surface area contributed by atoms with Crippen molar-refractivity contribution in [3.63, 3.8) is 0 Å². The van der Waals surface area contributed by atoms with Crippen molar-refractivity contribution in [2.45, 2.75) is 115 Å². The number of aliphatic hydroxyl groups excluding tert-OH is 1. The van der Waals surface area contributed by atoms with Crippen molar-refractivity contribution in [2.24, 2.45) is 0 Å². The number of amides is 1. The second kappa shape index (κ2) is 8.28. The Hall–Kier alpha value is -1.79. The van der Waals surface area contributed by atoms with Gasteiger partial charge >= 0.3 is 0 Å². The second-order valence-electron chi connectivity index (χ2n) is 10.3. The summed E-state index contributed by atoms with van der Waals surface area (Å²) in [6, 6.07) is 4.41. The average molecular weight is 428 g/mol. The largest absolute Gasteiger partial charge is 0.460 e. The van der Waals surface area contributed by atoms with E-state index in [2.05, 4.69) is 16.8 Å². The lowest BCUT2D eigenvalue weighted by atomic mass is 9.86. The van der Waals surface area contributed by atoms with Crippen LogP contribution in [0.5, 0.6) is 0 Å². The van der Waals surface area contributed by atoms with Gasteiger partial charge in [-0.25, -0.2) is 0 Å². The van der Waals surface area contributed by atoms with E-state index >= 15 is 0 Å². The number of furan rings is 1. The van der Waals surface area contributed by atoms with Crippen LogP contribution in [-0.2, 0) is 6.54 Å². The van der Waals surface area contributed by atoms with Crippen LogP contribution < -0.4 is 5.32 Å². The number of fused-ring (bicyclic) bond motifs is 3. The Morgan fingerprint density at radius 2 is 1.71 bits per heavy atom. The molecule has 170 valence electrons. The van der Waals surface area contributed by atoms with Crippen molar-refractivity contribution < 1.29 is 14.3 Å². The molecule has 0 saturated heterocycles. The molecule has 0 spiro atoms. The number of carbonyl (C=O) groups is 1. The van der Waals surface area contributed by atoms with Gasteiger partial charge in [0.2, 0.25) is 0 Å². The molecular formula is C25H37N3O3. The maximum atomic E-state index is 13.9. The number of aliphatic hydroxyl groups is 1. The van der Waals surface area contributed by atoms with Gasteiger partial charge in [0.1, 0.15) is 17.7 Å². The van der Waals surface area contributed by atoms with E-state index in [9.17, 15) is 9.90 Å². The monoisotopic (exact) mass is 427 g/mol. The highest BCUT2D eigenvalue weighted by atomic mass is 16.3. The second-order valence-corrected chi connectivity index (χ2v) is 10.3. The molecule has 3 heterocycles. The SMILES string of the molecule is Cc1cc2c(cc3n2CC(C)(C(O)NC2CCCCCC2)N(C2CCCCC2)C3=O)o1. The lowest BCUT2D eigenvalue weighted by Crippen LogP contribution is -2.69. The smallest absolute Gasteiger partial charge is 0.271 e. The van der Waals surface area contributed by atoms with E-state index in [4.69, 9.17) is 4.42 Å². The van der Waals surface area contributed by atoms with Gasteiger partial charge in [-0.1, -0.05) is 44.9 Å². The first-order valence-corrected chi connectivity index (χ1v) is 12.3. The van der Waals surface area contributed by atoms with Gasteiger partial charge in [-0.05, 0) is 39.5 Å². The standard InChI is InChI=1S/C25H37N3O3/c1-17-14-20-22(31-17)15-21-23(29)28(19-12-8-5-9-13-19)25(2,16-27(20)21)24(30)26-18-10-6-3-4-7-11-18/h14-15,18-19,24,26,30H,3-13,16H2,1-2H3. The summed E-state index contributed by atoms with van der Waals surface area (Å²) in [6.07, 6.45) is 12.0. The number of rotatable bonds is 4. The van der Waals surface area contributed by atoms with E-state index in [-0.39, 0.29) is 11.9 Å². The van der Waals surface area contributed by atoms with Crippen molar-refractivity contribution in [2.75, 3.05) is 0 Å². The number of aryl methyl sites for hydroxylation is 1. The summed E-state index contributed by atoms with van der Waals surface area (Å²) in [7, 11) is 0. The lowest BCUT2D eigenvalue weighted by Gasteiger charge is -2.52. The molecule has 31 heavy (non-hydrogen) atoms. The molecule has 6 heteroatoms. The van der Waals surface area contributed by atoms with E-state index < -0.39 is 11.8 Å². The number of hydrogen-bond donors (Lipinski definition) is 2. The topological polar surface area (TPSA) is 70.6 Å². The van der Waals surface area contributed by atoms with Gasteiger partial charge in [-0.2, -0.15) is 0 Å². The molecule has 0 aromatic carbocycles. The summed E-state index contributed by atoms with van der Waals surface area (Å²) in [6.45, 7) is 4.59. The van der Waals surface area contributed by atoms with Crippen LogP contribution in [0.15, 0.2) is 16.5 Å². The predicted molar refractivity (Wildman–Crippen MR) is 121 cm³/mol. The Labute approximate surface area is 185 Å². The van der Waals surface area contributed by atoms with Gasteiger partial charge in [-0.3, -0.25) is 10.1 Å². The number of aromatic nitrogens is 1. The summed E-state index contributed by atoms with van der Waals surface area (Å²) in [5, 5.41) is 15.2. The van der Waals surface area contributed by atoms with E-state index in [1.165, 1.54) is 32.1 Å². The van der Waals surface area contributed by atoms with E-state index in [1.54, 1.807) is 0 Å². The molecule has 2 fully saturated rings. The Balaban J connectivity index is 1.51. The highest BCUT2D eigenvalue weighted by Gasteiger charge is 2.50. The third-order valence-corrected chi connectivity index (χ3v) is 7.96. The van der Waals surface area contributed by atoms with Gasteiger partial charge in [0.05, 0.1) is 17.6 Å². The van der Waals surface area contributed by atoms with Crippen LogP contribution in [0.4, 0.5) is 0 Å². The Kier molecular flexibility index (Phi) is 5.63. The molecule has 1 aliphatic heterocycles. The number of carbonyl (C=O) groups excluding carboxylic acids is 1. The summed E-state index contributed by atoms with van der Waals surface area (Å²) in [5.74, 6) is 0.882. The molecule has 6 nitrogen and oxygen atoms in total. The quantitative estimate of drug-likeness (QED) is 0.547. The van der Waals surface area contributed by atoms with Crippen LogP contribution in [-0.4, -0.2) is 44.3 Å². The minimum absolute atomic E-state index is 0.0337. The molecule has 0 bridgehead atoms. The van der Waals surface area contributed by atoms with Crippen LogP contribution in [0, 0.1) is 6.92 Å². The Morgan fingerprint density at radius 1 is 1.06 bits per heavy atom. The fourth-order valence-corrected chi connectivity index (χ4v) is 6.25. The van der Waals surface area contributed by atoms with Crippen molar-refractivity contribution >= 4 is 17.0 Å². The first kappa shape index (κ1) is 21.1. The predicted octanol–water partition coefficient (Wildman–Crippen LogP) is 4.72. The van der Waals surface area contributed by atoms with E-state index in [0.717, 1.165) is 55.4 Å². The van der Waals surface area contributed by atoms with Gasteiger partial charge < -0.3 is 19.0 Å². The maximum absolute atomic E-state index is 13.9. The molecular weight excluding hydrogens is 390 g/mol.